The van der Waals surface area contributed by atoms with Gasteiger partial charge in [-0.05, 0) is 56.1 Å². The molecule has 33 heavy (non-hydrogen) atoms. The monoisotopic (exact) mass is 456 g/mol. The standard InChI is InChI=1S/C15H20N4.C10H16O4/c1-10-14-11(16)8-15(2,3)9-12(14)19(18-10)13-6-4-5-7-17-13;1-9(2)6(7(11)12)4-5-10(9,3)8(13)14/h4-7,11H,8-9,16H2,1-3H3;6H,4-5H2,1-3H3,(H,11,12)(H,13,14). The summed E-state index contributed by atoms with van der Waals surface area (Å²) >= 11 is 0. The molecule has 2 aromatic heterocycles. The minimum atomic E-state index is -1.14. The molecule has 2 aromatic rings. The molecule has 0 amide bonds. The number of carbonyl (C=O) groups is 2. The lowest BCUT2D eigenvalue weighted by Gasteiger charge is -2.38. The average Bonchev–Trinajstić information content (AvgIpc) is 3.16. The smallest absolute Gasteiger partial charge is 0.309 e. The summed E-state index contributed by atoms with van der Waals surface area (Å²) in [5.74, 6) is -1.83. The van der Waals surface area contributed by atoms with Gasteiger partial charge in [0.25, 0.3) is 0 Å². The fraction of sp³-hybridized carbons (Fsp3) is 0.600. The molecule has 1 fully saturated rings. The van der Waals surface area contributed by atoms with E-state index in [-0.39, 0.29) is 5.41 Å². The van der Waals surface area contributed by atoms with Crippen molar-refractivity contribution in [1.82, 2.24) is 14.8 Å². The third-order valence-electron chi connectivity index (χ3n) is 7.91. The van der Waals surface area contributed by atoms with Crippen molar-refractivity contribution in [2.24, 2.45) is 22.2 Å². The molecular weight excluding hydrogens is 420 g/mol. The van der Waals surface area contributed by atoms with Crippen LogP contribution in [0.4, 0.5) is 0 Å². The molecule has 3 unspecified atom stereocenters. The minimum absolute atomic E-state index is 0.276. The van der Waals surface area contributed by atoms with Crippen molar-refractivity contribution in [3.63, 3.8) is 0 Å². The van der Waals surface area contributed by atoms with Gasteiger partial charge in [0.15, 0.2) is 5.82 Å². The topological polar surface area (TPSA) is 136 Å². The van der Waals surface area contributed by atoms with Gasteiger partial charge in [-0.15, -0.1) is 0 Å². The van der Waals surface area contributed by atoms with Gasteiger partial charge in [0.05, 0.1) is 22.4 Å². The maximum absolute atomic E-state index is 11.1. The van der Waals surface area contributed by atoms with Crippen molar-refractivity contribution in [2.45, 2.75) is 73.3 Å². The highest BCUT2D eigenvalue weighted by molar-refractivity contribution is 5.79. The Bertz CT molecular complexity index is 1040. The second-order valence-corrected chi connectivity index (χ2v) is 11.1. The molecule has 3 atom stereocenters. The first-order valence-electron chi connectivity index (χ1n) is 11.5. The molecule has 0 saturated heterocycles. The van der Waals surface area contributed by atoms with Crippen LogP contribution in [0.3, 0.4) is 0 Å². The fourth-order valence-corrected chi connectivity index (χ4v) is 5.55. The van der Waals surface area contributed by atoms with Crippen LogP contribution in [0.2, 0.25) is 0 Å². The number of quaternary nitrogens is 1. The van der Waals surface area contributed by atoms with Gasteiger partial charge in [-0.2, -0.15) is 5.10 Å². The number of aliphatic carboxylic acids is 2. The number of nitrogens with zero attached hydrogens (tertiary/aromatic N) is 3. The second kappa shape index (κ2) is 8.56. The van der Waals surface area contributed by atoms with E-state index in [4.69, 9.17) is 10.2 Å². The number of aromatic nitrogens is 3. The van der Waals surface area contributed by atoms with Crippen LogP contribution in [0, 0.1) is 29.1 Å². The Morgan fingerprint density at radius 3 is 2.36 bits per heavy atom. The maximum atomic E-state index is 11.1. The molecule has 1 saturated carbocycles. The third-order valence-corrected chi connectivity index (χ3v) is 7.91. The molecule has 2 heterocycles. The van der Waals surface area contributed by atoms with E-state index in [2.05, 4.69) is 31.5 Å². The Morgan fingerprint density at radius 1 is 1.21 bits per heavy atom. The van der Waals surface area contributed by atoms with Gasteiger partial charge in [0, 0.05) is 24.5 Å². The van der Waals surface area contributed by atoms with E-state index >= 15 is 0 Å². The number of fused-ring (bicyclic) bond motifs is 1. The molecule has 0 bridgehead atoms. The van der Waals surface area contributed by atoms with Crippen LogP contribution in [0.1, 0.15) is 76.9 Å². The highest BCUT2D eigenvalue weighted by Gasteiger charge is 2.56. The van der Waals surface area contributed by atoms with E-state index in [1.165, 1.54) is 11.3 Å². The van der Waals surface area contributed by atoms with Crippen LogP contribution in [0.15, 0.2) is 24.4 Å². The minimum Gasteiger partial charge on any atom is -0.550 e. The van der Waals surface area contributed by atoms with Gasteiger partial charge in [-0.1, -0.05) is 33.8 Å². The maximum Gasteiger partial charge on any atom is 0.309 e. The van der Waals surface area contributed by atoms with Crippen LogP contribution in [0.25, 0.3) is 5.82 Å². The van der Waals surface area contributed by atoms with Crippen LogP contribution < -0.4 is 10.8 Å². The van der Waals surface area contributed by atoms with Crippen molar-refractivity contribution in [1.29, 1.82) is 0 Å². The van der Waals surface area contributed by atoms with Gasteiger partial charge in [0.2, 0.25) is 0 Å². The van der Waals surface area contributed by atoms with Crippen molar-refractivity contribution >= 4 is 11.9 Å². The summed E-state index contributed by atoms with van der Waals surface area (Å²) in [4.78, 5) is 26.3. The Hall–Kier alpha value is -2.74. The number of carboxylic acid groups (broad SMARTS) is 2. The van der Waals surface area contributed by atoms with Crippen molar-refractivity contribution in [3.8, 4) is 5.82 Å². The molecule has 0 aromatic carbocycles. The van der Waals surface area contributed by atoms with E-state index < -0.39 is 28.7 Å². The first-order chi connectivity index (χ1) is 15.2. The number of rotatable bonds is 3. The predicted molar refractivity (Wildman–Crippen MR) is 121 cm³/mol. The zero-order valence-corrected chi connectivity index (χ0v) is 20.5. The van der Waals surface area contributed by atoms with Crippen molar-refractivity contribution in [2.75, 3.05) is 0 Å². The molecule has 180 valence electrons. The van der Waals surface area contributed by atoms with E-state index in [1.54, 1.807) is 20.8 Å². The summed E-state index contributed by atoms with van der Waals surface area (Å²) < 4.78 is 2.00. The highest BCUT2D eigenvalue weighted by atomic mass is 16.4. The molecule has 2 aliphatic rings. The SMILES string of the molecule is CC1(C(=O)O)CCC(C(=O)[O-])C1(C)C.Cc1nn(-c2ccccn2)c2c1C([NH3+])CC(C)(C)C2. The lowest BCUT2D eigenvalue weighted by Crippen LogP contribution is -2.57. The van der Waals surface area contributed by atoms with Crippen LogP contribution in [-0.2, 0) is 16.0 Å². The zero-order valence-electron chi connectivity index (χ0n) is 20.5. The van der Waals surface area contributed by atoms with Gasteiger partial charge in [-0.3, -0.25) is 4.79 Å². The molecule has 0 spiro atoms. The molecule has 8 nitrogen and oxygen atoms in total. The van der Waals surface area contributed by atoms with Gasteiger partial charge >= 0.3 is 5.97 Å². The van der Waals surface area contributed by atoms with E-state index in [0.29, 0.717) is 18.9 Å². The Labute approximate surface area is 195 Å². The highest BCUT2D eigenvalue weighted by Crippen LogP contribution is 2.55. The van der Waals surface area contributed by atoms with Gasteiger partial charge in [0.1, 0.15) is 6.04 Å². The van der Waals surface area contributed by atoms with E-state index in [1.807, 2.05) is 29.1 Å². The summed E-state index contributed by atoms with van der Waals surface area (Å²) in [5, 5.41) is 24.6. The molecule has 4 N–H and O–H groups in total. The normalized spacial score (nSPS) is 27.2. The largest absolute Gasteiger partial charge is 0.550 e. The van der Waals surface area contributed by atoms with Crippen molar-refractivity contribution in [3.05, 3.63) is 41.3 Å². The molecule has 4 rings (SSSR count). The van der Waals surface area contributed by atoms with E-state index in [9.17, 15) is 14.7 Å². The lowest BCUT2D eigenvalue weighted by molar-refractivity contribution is -0.434. The molecule has 0 aliphatic heterocycles. The van der Waals surface area contributed by atoms with Crippen LogP contribution in [-0.4, -0.2) is 31.8 Å². The zero-order chi connectivity index (χ0) is 24.8. The summed E-state index contributed by atoms with van der Waals surface area (Å²) in [6, 6.07) is 6.27. The summed E-state index contributed by atoms with van der Waals surface area (Å²) in [5.41, 5.74) is 6.59. The summed E-state index contributed by atoms with van der Waals surface area (Å²) in [6.07, 6.45) is 4.75. The fourth-order valence-electron chi connectivity index (χ4n) is 5.55. The molecular formula is C25H36N4O4. The molecule has 8 heteroatoms. The Morgan fingerprint density at radius 2 is 1.88 bits per heavy atom. The van der Waals surface area contributed by atoms with Crippen molar-refractivity contribution < 1.29 is 25.5 Å². The van der Waals surface area contributed by atoms with E-state index in [0.717, 1.165) is 24.4 Å². The Balaban J connectivity index is 0.000000196. The first-order valence-corrected chi connectivity index (χ1v) is 11.5. The molecule has 0 radical (unpaired) electrons. The quantitative estimate of drug-likeness (QED) is 0.726. The van der Waals surface area contributed by atoms with Gasteiger partial charge in [-0.25, -0.2) is 9.67 Å². The molecule has 2 aliphatic carbocycles. The number of carboxylic acids is 2. The van der Waals surface area contributed by atoms with Crippen LogP contribution in [0.5, 0.6) is 0 Å². The number of carbonyl (C=O) groups excluding carboxylic acids is 1. The first kappa shape index (κ1) is 24.9. The van der Waals surface area contributed by atoms with Gasteiger partial charge < -0.3 is 20.7 Å². The summed E-state index contributed by atoms with van der Waals surface area (Å²) in [6.45, 7) is 11.7. The lowest BCUT2D eigenvalue weighted by atomic mass is 9.66. The summed E-state index contributed by atoms with van der Waals surface area (Å²) in [7, 11) is 0. The second-order valence-electron chi connectivity index (χ2n) is 11.1. The third kappa shape index (κ3) is 4.40. The van der Waals surface area contributed by atoms with Crippen LogP contribution >= 0.6 is 0 Å². The number of pyridine rings is 1. The Kier molecular flexibility index (Phi) is 6.45. The number of hydrogen-bond donors (Lipinski definition) is 2. The number of aryl methyl sites for hydroxylation is 1. The number of hydrogen-bond acceptors (Lipinski definition) is 5. The predicted octanol–water partition coefficient (Wildman–Crippen LogP) is 2.09. The average molecular weight is 457 g/mol.